The Morgan fingerprint density at radius 2 is 1.93 bits per heavy atom. The van der Waals surface area contributed by atoms with Gasteiger partial charge in [-0.05, 0) is 42.8 Å². The summed E-state index contributed by atoms with van der Waals surface area (Å²) >= 11 is 0. The van der Waals surface area contributed by atoms with Gasteiger partial charge in [0.2, 0.25) is 16.8 Å². The van der Waals surface area contributed by atoms with Gasteiger partial charge in [-0.2, -0.15) is 0 Å². The summed E-state index contributed by atoms with van der Waals surface area (Å²) in [6.45, 7) is 1.47. The van der Waals surface area contributed by atoms with E-state index in [-0.39, 0.29) is 23.8 Å². The molecule has 0 aromatic heterocycles. The summed E-state index contributed by atoms with van der Waals surface area (Å²) in [6, 6.07) is 10.4. The van der Waals surface area contributed by atoms with Crippen molar-refractivity contribution in [2.24, 2.45) is 5.73 Å². The van der Waals surface area contributed by atoms with Crippen LogP contribution in [0.15, 0.2) is 47.4 Å². The zero-order valence-electron chi connectivity index (χ0n) is 14.9. The molecule has 3 rings (SSSR count). The molecule has 10 heteroatoms. The van der Waals surface area contributed by atoms with Crippen molar-refractivity contribution < 1.29 is 32.2 Å². The number of sulfonamides is 1. The normalized spacial score (nSPS) is 13.8. The largest absolute Gasteiger partial charge is 0.454 e. The molecule has 0 saturated carbocycles. The lowest BCUT2D eigenvalue weighted by Crippen LogP contribution is -2.30. The van der Waals surface area contributed by atoms with Crippen LogP contribution in [0.2, 0.25) is 0 Å². The number of carbonyl (C=O) groups excluding carboxylic acids is 2. The molecule has 0 unspecified atom stereocenters. The molecule has 2 aromatic carbocycles. The quantitative estimate of drug-likeness (QED) is 0.653. The molecule has 1 aliphatic heterocycles. The van der Waals surface area contributed by atoms with Crippen molar-refractivity contribution in [3.63, 3.8) is 0 Å². The van der Waals surface area contributed by atoms with Crippen LogP contribution in [0, 0.1) is 0 Å². The van der Waals surface area contributed by atoms with E-state index in [0.29, 0.717) is 17.1 Å². The number of esters is 1. The third-order valence-electron chi connectivity index (χ3n) is 3.97. The van der Waals surface area contributed by atoms with Crippen LogP contribution in [0.5, 0.6) is 11.5 Å². The Kier molecular flexibility index (Phi) is 5.52. The highest BCUT2D eigenvalue weighted by Gasteiger charge is 2.20. The lowest BCUT2D eigenvalue weighted by atomic mass is 10.2. The standard InChI is InChI=1S/C18H18N2O7S/c1-11(17(19)21)27-18(22)13-3-2-4-14(8-13)28(23,24)20-9-12-5-6-15-16(7-12)26-10-25-15/h2-8,11,20H,9-10H2,1H3,(H2,19,21)/t11-/m1/s1. The van der Waals surface area contributed by atoms with Crippen LogP contribution in [-0.2, 0) is 26.1 Å². The van der Waals surface area contributed by atoms with Gasteiger partial charge in [0.05, 0.1) is 10.5 Å². The summed E-state index contributed by atoms with van der Waals surface area (Å²) in [5.41, 5.74) is 5.72. The van der Waals surface area contributed by atoms with Crippen molar-refractivity contribution in [1.82, 2.24) is 4.72 Å². The Morgan fingerprint density at radius 1 is 1.18 bits per heavy atom. The second-order valence-electron chi connectivity index (χ2n) is 5.99. The van der Waals surface area contributed by atoms with E-state index in [1.165, 1.54) is 25.1 Å². The molecule has 0 bridgehead atoms. The average Bonchev–Trinajstić information content (AvgIpc) is 3.14. The van der Waals surface area contributed by atoms with Gasteiger partial charge in [0.1, 0.15) is 0 Å². The highest BCUT2D eigenvalue weighted by molar-refractivity contribution is 7.89. The van der Waals surface area contributed by atoms with Crippen LogP contribution in [0.1, 0.15) is 22.8 Å². The highest BCUT2D eigenvalue weighted by atomic mass is 32.2. The predicted octanol–water partition coefficient (Wildman–Crippen LogP) is 0.924. The monoisotopic (exact) mass is 406 g/mol. The van der Waals surface area contributed by atoms with Crippen LogP contribution < -0.4 is 19.9 Å². The molecule has 28 heavy (non-hydrogen) atoms. The van der Waals surface area contributed by atoms with Crippen molar-refractivity contribution in [3.05, 3.63) is 53.6 Å². The lowest BCUT2D eigenvalue weighted by molar-refractivity contribution is -0.125. The van der Waals surface area contributed by atoms with E-state index in [4.69, 9.17) is 19.9 Å². The molecule has 0 radical (unpaired) electrons. The maximum absolute atomic E-state index is 12.6. The van der Waals surface area contributed by atoms with Gasteiger partial charge in [-0.25, -0.2) is 17.9 Å². The Bertz CT molecular complexity index is 1020. The number of ether oxygens (including phenoxy) is 3. The number of benzene rings is 2. The van der Waals surface area contributed by atoms with Crippen molar-refractivity contribution in [2.75, 3.05) is 6.79 Å². The predicted molar refractivity (Wildman–Crippen MR) is 97.1 cm³/mol. The molecular weight excluding hydrogens is 388 g/mol. The Morgan fingerprint density at radius 3 is 2.68 bits per heavy atom. The first-order valence-corrected chi connectivity index (χ1v) is 9.73. The van der Waals surface area contributed by atoms with E-state index in [1.54, 1.807) is 18.2 Å². The summed E-state index contributed by atoms with van der Waals surface area (Å²) in [5, 5.41) is 0. The smallest absolute Gasteiger partial charge is 0.338 e. The SMILES string of the molecule is C[C@@H](OC(=O)c1cccc(S(=O)(=O)NCc2ccc3c(c2)OCO3)c1)C(N)=O. The van der Waals surface area contributed by atoms with Crippen LogP contribution in [0.4, 0.5) is 0 Å². The van der Waals surface area contributed by atoms with Gasteiger partial charge in [-0.3, -0.25) is 4.79 Å². The minimum atomic E-state index is -3.89. The number of nitrogens with one attached hydrogen (secondary N) is 1. The van der Waals surface area contributed by atoms with Gasteiger partial charge in [0, 0.05) is 6.54 Å². The summed E-state index contributed by atoms with van der Waals surface area (Å²) in [4.78, 5) is 22.9. The van der Waals surface area contributed by atoms with E-state index in [2.05, 4.69) is 4.72 Å². The van der Waals surface area contributed by atoms with Crippen LogP contribution in [0.25, 0.3) is 0 Å². The average molecular weight is 406 g/mol. The van der Waals surface area contributed by atoms with Crippen LogP contribution in [-0.4, -0.2) is 33.2 Å². The molecule has 1 heterocycles. The third kappa shape index (κ3) is 4.41. The van der Waals surface area contributed by atoms with E-state index in [0.717, 1.165) is 6.07 Å². The molecule has 9 nitrogen and oxygen atoms in total. The number of fused-ring (bicyclic) bond motifs is 1. The second-order valence-corrected chi connectivity index (χ2v) is 7.76. The van der Waals surface area contributed by atoms with E-state index < -0.39 is 28.0 Å². The van der Waals surface area contributed by atoms with Crippen LogP contribution in [0.3, 0.4) is 0 Å². The zero-order valence-corrected chi connectivity index (χ0v) is 15.7. The van der Waals surface area contributed by atoms with Crippen molar-refractivity contribution in [3.8, 4) is 11.5 Å². The van der Waals surface area contributed by atoms with Gasteiger partial charge in [-0.15, -0.1) is 0 Å². The summed E-state index contributed by atoms with van der Waals surface area (Å²) in [6.07, 6.45) is -1.13. The first-order valence-electron chi connectivity index (χ1n) is 8.25. The number of amides is 1. The molecule has 3 N–H and O–H groups in total. The van der Waals surface area contributed by atoms with Gasteiger partial charge < -0.3 is 19.9 Å². The summed E-state index contributed by atoms with van der Waals surface area (Å²) < 4.78 is 42.9. The number of hydrogen-bond donors (Lipinski definition) is 2. The number of nitrogens with two attached hydrogens (primary N) is 1. The van der Waals surface area contributed by atoms with Crippen molar-refractivity contribution >= 4 is 21.9 Å². The maximum atomic E-state index is 12.6. The molecule has 2 aromatic rings. The lowest BCUT2D eigenvalue weighted by Gasteiger charge is -2.11. The summed E-state index contributed by atoms with van der Waals surface area (Å²) in [5.74, 6) is -0.505. The Labute approximate surface area is 161 Å². The molecule has 0 saturated heterocycles. The first-order chi connectivity index (χ1) is 13.3. The second kappa shape index (κ2) is 7.87. The van der Waals surface area contributed by atoms with Gasteiger partial charge in [0.15, 0.2) is 17.6 Å². The molecule has 1 aliphatic rings. The van der Waals surface area contributed by atoms with E-state index in [1.807, 2.05) is 0 Å². The fraction of sp³-hybridized carbons (Fsp3) is 0.222. The highest BCUT2D eigenvalue weighted by Crippen LogP contribution is 2.32. The molecule has 1 amide bonds. The zero-order chi connectivity index (χ0) is 20.3. The van der Waals surface area contributed by atoms with E-state index >= 15 is 0 Å². The number of primary amides is 1. The van der Waals surface area contributed by atoms with Gasteiger partial charge >= 0.3 is 5.97 Å². The summed E-state index contributed by atoms with van der Waals surface area (Å²) in [7, 11) is -3.89. The van der Waals surface area contributed by atoms with Gasteiger partial charge in [-0.1, -0.05) is 12.1 Å². The first kappa shape index (κ1) is 19.6. The van der Waals surface area contributed by atoms with E-state index in [9.17, 15) is 18.0 Å². The van der Waals surface area contributed by atoms with Crippen molar-refractivity contribution in [2.45, 2.75) is 24.5 Å². The molecular formula is C18H18N2O7S. The minimum Gasteiger partial charge on any atom is -0.454 e. The fourth-order valence-electron chi connectivity index (χ4n) is 2.39. The molecule has 1 atom stereocenters. The molecule has 0 fully saturated rings. The number of hydrogen-bond acceptors (Lipinski definition) is 7. The number of carbonyl (C=O) groups is 2. The Balaban J connectivity index is 1.71. The van der Waals surface area contributed by atoms with Crippen LogP contribution >= 0.6 is 0 Å². The molecule has 148 valence electrons. The topological polar surface area (TPSA) is 134 Å². The third-order valence-corrected chi connectivity index (χ3v) is 5.37. The van der Waals surface area contributed by atoms with Gasteiger partial charge in [0.25, 0.3) is 5.91 Å². The Hall–Kier alpha value is -3.11. The maximum Gasteiger partial charge on any atom is 0.338 e. The molecule has 0 aliphatic carbocycles. The minimum absolute atomic E-state index is 0.0148. The fourth-order valence-corrected chi connectivity index (χ4v) is 3.45. The molecule has 0 spiro atoms. The van der Waals surface area contributed by atoms with Crippen molar-refractivity contribution in [1.29, 1.82) is 0 Å². The number of rotatable bonds is 7.